The van der Waals surface area contributed by atoms with Gasteiger partial charge in [-0.25, -0.2) is 4.79 Å². The van der Waals surface area contributed by atoms with E-state index in [1.54, 1.807) is 9.58 Å². The van der Waals surface area contributed by atoms with E-state index in [-0.39, 0.29) is 6.03 Å². The quantitative estimate of drug-likeness (QED) is 0.919. The number of rotatable bonds is 4. The monoisotopic (exact) mass is 276 g/mol. The molecule has 0 atom stereocenters. The van der Waals surface area contributed by atoms with Crippen molar-refractivity contribution in [2.75, 3.05) is 18.9 Å². The van der Waals surface area contributed by atoms with Crippen molar-refractivity contribution < 1.29 is 4.79 Å². The molecule has 0 unspecified atom stereocenters. The van der Waals surface area contributed by atoms with Crippen LogP contribution in [0.25, 0.3) is 0 Å². The van der Waals surface area contributed by atoms with Crippen molar-refractivity contribution in [3.8, 4) is 0 Å². The first-order valence-electron chi connectivity index (χ1n) is 7.69. The molecule has 3 rings (SSSR count). The minimum atomic E-state index is -0.0277. The molecule has 0 bridgehead atoms. The third-order valence-corrected chi connectivity index (χ3v) is 4.76. The Morgan fingerprint density at radius 2 is 2.10 bits per heavy atom. The van der Waals surface area contributed by atoms with Gasteiger partial charge in [0, 0.05) is 32.6 Å². The lowest BCUT2D eigenvalue weighted by atomic mass is 9.83. The maximum absolute atomic E-state index is 12.2. The Kier molecular flexibility index (Phi) is 3.68. The summed E-state index contributed by atoms with van der Waals surface area (Å²) >= 11 is 0. The fourth-order valence-corrected chi connectivity index (χ4v) is 2.86. The molecule has 1 aromatic heterocycles. The van der Waals surface area contributed by atoms with Gasteiger partial charge in [0.15, 0.2) is 0 Å². The van der Waals surface area contributed by atoms with E-state index in [1.165, 1.54) is 38.5 Å². The fourth-order valence-electron chi connectivity index (χ4n) is 2.86. The number of aromatic nitrogens is 2. The molecule has 1 heterocycles. The summed E-state index contributed by atoms with van der Waals surface area (Å²) in [5.74, 6) is 2.10. The van der Waals surface area contributed by atoms with Gasteiger partial charge in [-0.1, -0.05) is 12.8 Å². The van der Waals surface area contributed by atoms with E-state index in [0.29, 0.717) is 11.8 Å². The van der Waals surface area contributed by atoms with E-state index in [2.05, 4.69) is 10.4 Å². The topological polar surface area (TPSA) is 50.2 Å². The molecule has 5 nitrogen and oxygen atoms in total. The second-order valence-electron chi connectivity index (χ2n) is 6.31. The summed E-state index contributed by atoms with van der Waals surface area (Å²) in [4.78, 5) is 14.0. The molecule has 0 aliphatic heterocycles. The van der Waals surface area contributed by atoms with E-state index in [1.807, 2.05) is 20.2 Å². The summed E-state index contributed by atoms with van der Waals surface area (Å²) < 4.78 is 1.78. The number of hydrogen-bond acceptors (Lipinski definition) is 2. The van der Waals surface area contributed by atoms with Crippen LogP contribution in [-0.2, 0) is 7.05 Å². The second-order valence-corrected chi connectivity index (χ2v) is 6.31. The number of nitrogens with zero attached hydrogens (tertiary/aromatic N) is 3. The minimum absolute atomic E-state index is 0.0277. The van der Waals surface area contributed by atoms with Gasteiger partial charge in [-0.2, -0.15) is 5.10 Å². The zero-order valence-corrected chi connectivity index (χ0v) is 12.4. The summed E-state index contributed by atoms with van der Waals surface area (Å²) in [5, 5.41) is 7.49. The highest BCUT2D eigenvalue weighted by molar-refractivity contribution is 5.88. The highest BCUT2D eigenvalue weighted by Gasteiger charge is 2.24. The molecular formula is C15H24N4O. The van der Waals surface area contributed by atoms with E-state index in [4.69, 9.17) is 0 Å². The van der Waals surface area contributed by atoms with Crippen LogP contribution in [0.2, 0.25) is 0 Å². The Morgan fingerprint density at radius 1 is 1.40 bits per heavy atom. The maximum atomic E-state index is 12.2. The Morgan fingerprint density at radius 3 is 2.65 bits per heavy atom. The number of carbonyl (C=O) groups excluding carboxylic acids is 1. The number of urea groups is 1. The van der Waals surface area contributed by atoms with E-state index >= 15 is 0 Å². The molecule has 0 saturated heterocycles. The van der Waals surface area contributed by atoms with Crippen molar-refractivity contribution in [2.45, 2.75) is 44.4 Å². The van der Waals surface area contributed by atoms with Crippen LogP contribution in [-0.4, -0.2) is 34.3 Å². The van der Waals surface area contributed by atoms with Crippen LogP contribution in [0.5, 0.6) is 0 Å². The summed E-state index contributed by atoms with van der Waals surface area (Å²) in [5.41, 5.74) is 1.12. The smallest absolute Gasteiger partial charge is 0.322 e. The maximum Gasteiger partial charge on any atom is 0.322 e. The Balaban J connectivity index is 1.58. The lowest BCUT2D eigenvalue weighted by Gasteiger charge is -2.30. The van der Waals surface area contributed by atoms with Gasteiger partial charge in [-0.05, 0) is 31.6 Å². The summed E-state index contributed by atoms with van der Waals surface area (Å²) in [7, 11) is 3.76. The van der Waals surface area contributed by atoms with Crippen LogP contribution in [0.15, 0.2) is 6.07 Å². The third kappa shape index (κ3) is 2.67. The third-order valence-electron chi connectivity index (χ3n) is 4.76. The average Bonchev–Trinajstić information content (AvgIpc) is 2.62. The molecule has 2 fully saturated rings. The van der Waals surface area contributed by atoms with Crippen molar-refractivity contribution in [2.24, 2.45) is 13.0 Å². The van der Waals surface area contributed by atoms with Crippen molar-refractivity contribution in [1.29, 1.82) is 0 Å². The molecule has 0 aromatic carbocycles. The molecule has 1 N–H and O–H groups in total. The van der Waals surface area contributed by atoms with Crippen LogP contribution < -0.4 is 5.32 Å². The minimum Gasteiger partial charge on any atom is -0.327 e. The van der Waals surface area contributed by atoms with Gasteiger partial charge in [-0.3, -0.25) is 10.00 Å². The molecule has 2 aliphatic carbocycles. The van der Waals surface area contributed by atoms with Crippen LogP contribution >= 0.6 is 0 Å². The van der Waals surface area contributed by atoms with Gasteiger partial charge in [-0.15, -0.1) is 0 Å². The van der Waals surface area contributed by atoms with Crippen LogP contribution in [0, 0.1) is 5.92 Å². The molecular weight excluding hydrogens is 252 g/mol. The summed E-state index contributed by atoms with van der Waals surface area (Å²) in [6.07, 6.45) is 7.59. The van der Waals surface area contributed by atoms with E-state index < -0.39 is 0 Å². The number of hydrogen-bond donors (Lipinski definition) is 1. The van der Waals surface area contributed by atoms with E-state index in [0.717, 1.165) is 18.1 Å². The molecule has 5 heteroatoms. The number of amides is 2. The van der Waals surface area contributed by atoms with Gasteiger partial charge in [0.05, 0.1) is 5.69 Å². The summed E-state index contributed by atoms with van der Waals surface area (Å²) in [6, 6.07) is 2.00. The number of carbonyl (C=O) groups is 1. The molecule has 1 aromatic rings. The fraction of sp³-hybridized carbons (Fsp3) is 0.733. The van der Waals surface area contributed by atoms with Crippen molar-refractivity contribution >= 4 is 11.8 Å². The Labute approximate surface area is 120 Å². The van der Waals surface area contributed by atoms with Crippen molar-refractivity contribution in [3.63, 3.8) is 0 Å². The molecule has 2 saturated carbocycles. The Bertz CT molecular complexity index is 488. The van der Waals surface area contributed by atoms with Gasteiger partial charge >= 0.3 is 6.03 Å². The highest BCUT2D eigenvalue weighted by Crippen LogP contribution is 2.36. The zero-order chi connectivity index (χ0) is 14.1. The molecule has 110 valence electrons. The zero-order valence-electron chi connectivity index (χ0n) is 12.4. The first kappa shape index (κ1) is 13.5. The predicted molar refractivity (Wildman–Crippen MR) is 78.8 cm³/mol. The van der Waals surface area contributed by atoms with Gasteiger partial charge in [0.2, 0.25) is 0 Å². The SMILES string of the molecule is CN(CC1CCC1)C(=O)Nc1cc(C2CCC2)nn1C. The molecule has 20 heavy (non-hydrogen) atoms. The summed E-state index contributed by atoms with van der Waals surface area (Å²) in [6.45, 7) is 0.860. The predicted octanol–water partition coefficient (Wildman–Crippen LogP) is 2.95. The number of aryl methyl sites for hydroxylation is 1. The highest BCUT2D eigenvalue weighted by atomic mass is 16.2. The van der Waals surface area contributed by atoms with Crippen molar-refractivity contribution in [1.82, 2.24) is 14.7 Å². The lowest BCUT2D eigenvalue weighted by Crippen LogP contribution is -2.37. The standard InChI is InChI=1S/C15H24N4O/c1-18(10-11-5-3-6-11)15(20)16-14-9-13(17-19(14)2)12-7-4-8-12/h9,11-12H,3-8,10H2,1-2H3,(H,16,20). The van der Waals surface area contributed by atoms with Gasteiger partial charge in [0.25, 0.3) is 0 Å². The van der Waals surface area contributed by atoms with Gasteiger partial charge < -0.3 is 4.90 Å². The average molecular weight is 276 g/mol. The first-order valence-corrected chi connectivity index (χ1v) is 7.69. The van der Waals surface area contributed by atoms with E-state index in [9.17, 15) is 4.79 Å². The number of anilines is 1. The largest absolute Gasteiger partial charge is 0.327 e. The second kappa shape index (κ2) is 5.46. The normalized spacial score (nSPS) is 19.3. The lowest BCUT2D eigenvalue weighted by molar-refractivity contribution is 0.194. The molecule has 2 amide bonds. The molecule has 0 radical (unpaired) electrons. The van der Waals surface area contributed by atoms with Crippen LogP contribution in [0.4, 0.5) is 10.6 Å². The molecule has 0 spiro atoms. The van der Waals surface area contributed by atoms with Crippen molar-refractivity contribution in [3.05, 3.63) is 11.8 Å². The van der Waals surface area contributed by atoms with Gasteiger partial charge in [0.1, 0.15) is 5.82 Å². The first-order chi connectivity index (χ1) is 9.63. The number of nitrogens with one attached hydrogen (secondary N) is 1. The van der Waals surface area contributed by atoms with Crippen LogP contribution in [0.3, 0.4) is 0 Å². The van der Waals surface area contributed by atoms with Crippen LogP contribution in [0.1, 0.15) is 50.1 Å². The Hall–Kier alpha value is -1.52. The molecule has 2 aliphatic rings.